The Morgan fingerprint density at radius 2 is 2.07 bits per heavy atom. The first-order valence-corrected chi connectivity index (χ1v) is 9.74. The van der Waals surface area contributed by atoms with Crippen molar-refractivity contribution in [1.82, 2.24) is 4.57 Å². The third kappa shape index (κ3) is 2.38. The van der Waals surface area contributed by atoms with Crippen LogP contribution in [0, 0.1) is 11.3 Å². The molecule has 3 unspecified atom stereocenters. The number of carboxylic acids is 1. The predicted octanol–water partition coefficient (Wildman–Crippen LogP) is 3.23. The third-order valence-corrected chi connectivity index (χ3v) is 6.88. The molecule has 1 aliphatic heterocycles. The van der Waals surface area contributed by atoms with E-state index in [2.05, 4.69) is 11.8 Å². The number of rotatable bonds is 4. The van der Waals surface area contributed by atoms with Gasteiger partial charge in [-0.1, -0.05) is 6.92 Å². The number of aromatic carboxylic acids is 1. The van der Waals surface area contributed by atoms with E-state index < -0.39 is 23.6 Å². The zero-order chi connectivity index (χ0) is 19.8. The van der Waals surface area contributed by atoms with Crippen LogP contribution in [0.2, 0.25) is 0 Å². The van der Waals surface area contributed by atoms with Gasteiger partial charge in [-0.25, -0.2) is 9.18 Å². The fourth-order valence-electron chi connectivity index (χ4n) is 4.83. The average molecular weight is 386 g/mol. The molecule has 148 valence electrons. The van der Waals surface area contributed by atoms with Gasteiger partial charge in [0, 0.05) is 25.7 Å². The van der Waals surface area contributed by atoms with Crippen molar-refractivity contribution in [1.29, 1.82) is 0 Å². The number of anilines is 1. The Morgan fingerprint density at radius 1 is 1.36 bits per heavy atom. The van der Waals surface area contributed by atoms with E-state index in [1.165, 1.54) is 19.0 Å². The smallest absolute Gasteiger partial charge is 0.341 e. The molecule has 3 aliphatic rings. The number of fused-ring (bicyclic) bond motifs is 1. The zero-order valence-corrected chi connectivity index (χ0v) is 15.9. The van der Waals surface area contributed by atoms with Crippen LogP contribution in [0.25, 0.3) is 10.9 Å². The van der Waals surface area contributed by atoms with Gasteiger partial charge in [-0.05, 0) is 36.3 Å². The van der Waals surface area contributed by atoms with Crippen LogP contribution in [-0.2, 0) is 0 Å². The number of carboxylic acid groups (broad SMARTS) is 1. The molecular weight excluding hydrogens is 363 g/mol. The molecule has 2 saturated carbocycles. The average Bonchev–Trinajstić information content (AvgIpc) is 3.56. The molecule has 1 aromatic heterocycles. The monoisotopic (exact) mass is 386 g/mol. The third-order valence-electron chi connectivity index (χ3n) is 6.88. The molecule has 0 radical (unpaired) electrons. The van der Waals surface area contributed by atoms with Crippen LogP contribution in [0.15, 0.2) is 23.1 Å². The van der Waals surface area contributed by atoms with E-state index in [0.717, 1.165) is 18.8 Å². The van der Waals surface area contributed by atoms with Gasteiger partial charge in [-0.3, -0.25) is 4.79 Å². The maximum atomic E-state index is 13.9. The van der Waals surface area contributed by atoms with Crippen molar-refractivity contribution < 1.29 is 19.0 Å². The number of pyridine rings is 1. The van der Waals surface area contributed by atoms with E-state index >= 15 is 0 Å². The van der Waals surface area contributed by atoms with Crippen molar-refractivity contribution in [2.75, 3.05) is 25.1 Å². The minimum Gasteiger partial charge on any atom is -0.492 e. The number of alkyl halides is 1. The lowest BCUT2D eigenvalue weighted by Gasteiger charge is -2.24. The van der Waals surface area contributed by atoms with Crippen LogP contribution in [0.3, 0.4) is 0 Å². The molecule has 7 heteroatoms. The summed E-state index contributed by atoms with van der Waals surface area (Å²) in [5.41, 5.74) is 0.858. The first kappa shape index (κ1) is 17.5. The normalized spacial score (nSPS) is 27.4. The zero-order valence-electron chi connectivity index (χ0n) is 15.9. The van der Waals surface area contributed by atoms with Gasteiger partial charge in [0.05, 0.1) is 29.7 Å². The van der Waals surface area contributed by atoms with Crippen molar-refractivity contribution in [2.24, 2.45) is 11.3 Å². The van der Waals surface area contributed by atoms with E-state index in [1.54, 1.807) is 17.7 Å². The lowest BCUT2D eigenvalue weighted by molar-refractivity contribution is 0.0694. The largest absolute Gasteiger partial charge is 0.492 e. The summed E-state index contributed by atoms with van der Waals surface area (Å²) in [6, 6.07) is 3.04. The maximum absolute atomic E-state index is 13.9. The number of aromatic nitrogens is 1. The molecule has 1 saturated heterocycles. The van der Waals surface area contributed by atoms with E-state index in [-0.39, 0.29) is 10.9 Å². The fraction of sp³-hybridized carbons (Fsp3) is 0.524. The second-order valence-corrected chi connectivity index (χ2v) is 8.56. The Hall–Kier alpha value is -2.57. The highest BCUT2D eigenvalue weighted by molar-refractivity contribution is 5.97. The molecule has 2 heterocycles. The Morgan fingerprint density at radius 3 is 2.61 bits per heavy atom. The second kappa shape index (κ2) is 5.72. The molecule has 2 aliphatic carbocycles. The van der Waals surface area contributed by atoms with E-state index in [4.69, 9.17) is 4.74 Å². The molecule has 3 atom stereocenters. The molecule has 0 bridgehead atoms. The molecule has 6 nitrogen and oxygen atoms in total. The number of halogens is 1. The van der Waals surface area contributed by atoms with Crippen molar-refractivity contribution >= 4 is 22.6 Å². The summed E-state index contributed by atoms with van der Waals surface area (Å²) in [6.45, 7) is 4.13. The van der Waals surface area contributed by atoms with Gasteiger partial charge in [0.25, 0.3) is 0 Å². The predicted molar refractivity (Wildman–Crippen MR) is 103 cm³/mol. The lowest BCUT2D eigenvalue weighted by Crippen LogP contribution is -2.23. The van der Waals surface area contributed by atoms with Gasteiger partial charge in [-0.15, -0.1) is 0 Å². The maximum Gasteiger partial charge on any atom is 0.341 e. The number of nitrogens with zero attached hydrogens (tertiary/aromatic N) is 2. The SMILES string of the molecule is COc1c(N2CC(C)C3(CC3)C2)ccc2c(=O)c(C(=O)O)cn(C3CC3F)c12. The topological polar surface area (TPSA) is 71.8 Å². The van der Waals surface area contributed by atoms with Gasteiger partial charge in [0.15, 0.2) is 5.75 Å². The molecule has 0 amide bonds. The quantitative estimate of drug-likeness (QED) is 0.874. The molecule has 28 heavy (non-hydrogen) atoms. The van der Waals surface area contributed by atoms with Crippen molar-refractivity contribution in [3.8, 4) is 5.75 Å². The van der Waals surface area contributed by atoms with E-state index in [1.807, 2.05) is 6.07 Å². The number of ether oxygens (including phenoxy) is 1. The Labute approximate surface area is 161 Å². The summed E-state index contributed by atoms with van der Waals surface area (Å²) >= 11 is 0. The Balaban J connectivity index is 1.73. The number of benzene rings is 1. The number of hydrogen-bond acceptors (Lipinski definition) is 4. The van der Waals surface area contributed by atoms with Crippen LogP contribution < -0.4 is 15.1 Å². The summed E-state index contributed by atoms with van der Waals surface area (Å²) < 4.78 is 21.3. The molecule has 3 fully saturated rings. The molecule has 2 aromatic rings. The van der Waals surface area contributed by atoms with E-state index in [9.17, 15) is 19.1 Å². The van der Waals surface area contributed by atoms with Crippen LogP contribution in [0.5, 0.6) is 5.75 Å². The van der Waals surface area contributed by atoms with Crippen molar-refractivity contribution in [3.63, 3.8) is 0 Å². The highest BCUT2D eigenvalue weighted by Gasteiger charge is 2.53. The molecular formula is C21H23FN2O4. The highest BCUT2D eigenvalue weighted by atomic mass is 19.1. The molecule has 1 aromatic carbocycles. The van der Waals surface area contributed by atoms with Crippen molar-refractivity contribution in [2.45, 2.75) is 38.4 Å². The van der Waals surface area contributed by atoms with Gasteiger partial charge < -0.3 is 19.3 Å². The highest BCUT2D eigenvalue weighted by Crippen LogP contribution is 2.57. The lowest BCUT2D eigenvalue weighted by atomic mass is 9.95. The molecule has 1 spiro atoms. The van der Waals surface area contributed by atoms with Crippen LogP contribution >= 0.6 is 0 Å². The summed E-state index contributed by atoms with van der Waals surface area (Å²) in [4.78, 5) is 26.6. The summed E-state index contributed by atoms with van der Waals surface area (Å²) in [5.74, 6) is -0.192. The Bertz CT molecular complexity index is 1060. The number of carbonyl (C=O) groups is 1. The van der Waals surface area contributed by atoms with Gasteiger partial charge in [-0.2, -0.15) is 0 Å². The first-order chi connectivity index (χ1) is 13.4. The summed E-state index contributed by atoms with van der Waals surface area (Å²) in [5, 5.41) is 9.68. The first-order valence-electron chi connectivity index (χ1n) is 9.74. The van der Waals surface area contributed by atoms with Crippen molar-refractivity contribution in [3.05, 3.63) is 34.1 Å². The molecule has 5 rings (SSSR count). The fourth-order valence-corrected chi connectivity index (χ4v) is 4.83. The van der Waals surface area contributed by atoms with E-state index in [0.29, 0.717) is 29.0 Å². The summed E-state index contributed by atoms with van der Waals surface area (Å²) in [7, 11) is 1.55. The number of methoxy groups -OCH3 is 1. The van der Waals surface area contributed by atoms with Gasteiger partial charge in [0.2, 0.25) is 5.43 Å². The minimum absolute atomic E-state index is 0.257. The Kier molecular flexibility index (Phi) is 3.58. The van der Waals surface area contributed by atoms with Gasteiger partial charge >= 0.3 is 5.97 Å². The number of hydrogen-bond donors (Lipinski definition) is 1. The standard InChI is InChI=1S/C21H23FN2O4/c1-11-8-23(10-21(11)5-6-21)15-4-3-12-17(19(15)28-2)24(16-7-14(16)22)9-13(18(12)25)20(26)27/h3-4,9,11,14,16H,5-8,10H2,1-2H3,(H,26,27). The van der Waals surface area contributed by atoms with Crippen LogP contribution in [0.4, 0.5) is 10.1 Å². The van der Waals surface area contributed by atoms with Crippen LogP contribution in [0.1, 0.15) is 42.6 Å². The summed E-state index contributed by atoms with van der Waals surface area (Å²) in [6.07, 6.45) is 3.02. The van der Waals surface area contributed by atoms with Gasteiger partial charge in [0.1, 0.15) is 11.7 Å². The second-order valence-electron chi connectivity index (χ2n) is 8.56. The molecule has 1 N–H and O–H groups in total. The van der Waals surface area contributed by atoms with Crippen LogP contribution in [-0.4, -0.2) is 42.0 Å². The minimum atomic E-state index is -1.30.